The van der Waals surface area contributed by atoms with E-state index in [-0.39, 0.29) is 10.8 Å². The molecule has 29 heavy (non-hydrogen) atoms. The Morgan fingerprint density at radius 1 is 1.07 bits per heavy atom. The average Bonchev–Trinajstić information content (AvgIpc) is 3.22. The van der Waals surface area contributed by atoms with Crippen molar-refractivity contribution in [2.45, 2.75) is 55.6 Å². The van der Waals surface area contributed by atoms with Gasteiger partial charge in [-0.25, -0.2) is 8.42 Å². The molecule has 1 aliphatic carbocycles. The van der Waals surface area contributed by atoms with Gasteiger partial charge in [-0.1, -0.05) is 37.1 Å². The molecule has 6 heteroatoms. The van der Waals surface area contributed by atoms with Crippen LogP contribution >= 0.6 is 0 Å². The Hall–Kier alpha value is -2.34. The van der Waals surface area contributed by atoms with Crippen LogP contribution in [0.3, 0.4) is 0 Å². The maximum absolute atomic E-state index is 13.6. The maximum Gasteiger partial charge on any atom is 0.241 e. The van der Waals surface area contributed by atoms with Gasteiger partial charge in [-0.15, -0.1) is 0 Å². The van der Waals surface area contributed by atoms with Gasteiger partial charge in [0.2, 0.25) is 5.91 Å². The smallest absolute Gasteiger partial charge is 0.241 e. The molecule has 156 valence electrons. The lowest BCUT2D eigenvalue weighted by molar-refractivity contribution is -0.123. The first kappa shape index (κ1) is 21.4. The Bertz CT molecular complexity index is 974. The van der Waals surface area contributed by atoms with E-state index in [1.807, 2.05) is 43.3 Å². The third-order valence-electron chi connectivity index (χ3n) is 5.83. The van der Waals surface area contributed by atoms with Crippen LogP contribution in [0.1, 0.15) is 42.4 Å². The van der Waals surface area contributed by atoms with Crippen LogP contribution in [0.4, 0.5) is 0 Å². The summed E-state index contributed by atoms with van der Waals surface area (Å²) in [6.45, 7) is 4.06. The molecule has 0 unspecified atom stereocenters. The van der Waals surface area contributed by atoms with E-state index in [1.54, 1.807) is 20.1 Å². The fraction of sp³-hybridized carbons (Fsp3) is 0.435. The Balaban J connectivity index is 1.78. The first-order valence-electron chi connectivity index (χ1n) is 10.0. The molecule has 0 saturated heterocycles. The second-order valence-electron chi connectivity index (χ2n) is 7.83. The van der Waals surface area contributed by atoms with Crippen LogP contribution in [0, 0.1) is 13.8 Å². The largest absolute Gasteiger partial charge is 0.497 e. The molecule has 0 aliphatic heterocycles. The molecule has 1 amide bonds. The summed E-state index contributed by atoms with van der Waals surface area (Å²) in [5, 5.41) is 2.90. The molecule has 3 rings (SSSR count). The van der Waals surface area contributed by atoms with Crippen molar-refractivity contribution in [1.29, 1.82) is 0 Å². The molecular formula is C23H29NO4S. The second kappa shape index (κ2) is 8.57. The van der Waals surface area contributed by atoms with E-state index in [4.69, 9.17) is 4.74 Å². The lowest BCUT2D eigenvalue weighted by Gasteiger charge is -2.28. The quantitative estimate of drug-likeness (QED) is 0.747. The third-order valence-corrected chi connectivity index (χ3v) is 8.47. The van der Waals surface area contributed by atoms with Crippen LogP contribution in [-0.2, 0) is 21.1 Å². The van der Waals surface area contributed by atoms with Crippen LogP contribution in [0.25, 0.3) is 0 Å². The number of amides is 1. The number of methoxy groups -OCH3 is 1. The highest BCUT2D eigenvalue weighted by atomic mass is 32.2. The molecule has 2 aromatic rings. The van der Waals surface area contributed by atoms with Crippen molar-refractivity contribution in [3.8, 4) is 5.75 Å². The lowest BCUT2D eigenvalue weighted by atomic mass is 10.1. The van der Waals surface area contributed by atoms with Crippen molar-refractivity contribution in [3.05, 3.63) is 59.2 Å². The van der Waals surface area contributed by atoms with Crippen LogP contribution in [0.15, 0.2) is 47.4 Å². The summed E-state index contributed by atoms with van der Waals surface area (Å²) in [5.41, 5.74) is 2.62. The first-order chi connectivity index (χ1) is 13.8. The van der Waals surface area contributed by atoms with Gasteiger partial charge in [0.25, 0.3) is 0 Å². The minimum Gasteiger partial charge on any atom is -0.497 e. The summed E-state index contributed by atoms with van der Waals surface area (Å²) in [6, 6.07) is 13.0. The standard InChI is InChI=1S/C23H29NO4S/c1-17-6-7-18(2)21(16-17)29(26,27)23(13-4-5-14-23)22(25)24-15-12-19-8-10-20(28-3)11-9-19/h6-11,16H,4-5,12-15H2,1-3H3,(H,24,25). The Kier molecular flexibility index (Phi) is 6.32. The van der Waals surface area contributed by atoms with Crippen LogP contribution in [0.2, 0.25) is 0 Å². The van der Waals surface area contributed by atoms with Crippen molar-refractivity contribution >= 4 is 15.7 Å². The monoisotopic (exact) mass is 415 g/mol. The van der Waals surface area contributed by atoms with Gasteiger partial charge in [0.05, 0.1) is 12.0 Å². The van der Waals surface area contributed by atoms with E-state index in [9.17, 15) is 13.2 Å². The highest BCUT2D eigenvalue weighted by Gasteiger charge is 2.53. The fourth-order valence-corrected chi connectivity index (χ4v) is 6.44. The van der Waals surface area contributed by atoms with E-state index in [1.165, 1.54) is 0 Å². The number of benzene rings is 2. The number of nitrogens with one attached hydrogen (secondary N) is 1. The van der Waals surface area contributed by atoms with Gasteiger partial charge in [0.15, 0.2) is 14.6 Å². The minimum atomic E-state index is -3.79. The number of aryl methyl sites for hydroxylation is 2. The van der Waals surface area contributed by atoms with Gasteiger partial charge < -0.3 is 10.1 Å². The molecule has 0 heterocycles. The van der Waals surface area contributed by atoms with Crippen molar-refractivity contribution < 1.29 is 17.9 Å². The van der Waals surface area contributed by atoms with Gasteiger partial charge in [0.1, 0.15) is 5.75 Å². The number of ether oxygens (including phenoxy) is 1. The molecular weight excluding hydrogens is 386 g/mol. The molecule has 2 aromatic carbocycles. The molecule has 0 spiro atoms. The SMILES string of the molecule is COc1ccc(CCNC(=O)C2(S(=O)(=O)c3cc(C)ccc3C)CCCC2)cc1. The molecule has 0 atom stereocenters. The zero-order valence-corrected chi connectivity index (χ0v) is 18.1. The number of rotatable bonds is 7. The van der Waals surface area contributed by atoms with E-state index in [0.29, 0.717) is 31.4 Å². The Morgan fingerprint density at radius 2 is 1.72 bits per heavy atom. The van der Waals surface area contributed by atoms with Gasteiger partial charge in [-0.3, -0.25) is 4.79 Å². The lowest BCUT2D eigenvalue weighted by Crippen LogP contribution is -2.51. The second-order valence-corrected chi connectivity index (χ2v) is 10.1. The highest BCUT2D eigenvalue weighted by Crippen LogP contribution is 2.41. The number of hydrogen-bond donors (Lipinski definition) is 1. The summed E-state index contributed by atoms with van der Waals surface area (Å²) in [4.78, 5) is 13.4. The minimum absolute atomic E-state index is 0.282. The summed E-state index contributed by atoms with van der Waals surface area (Å²) < 4.78 is 31.0. The number of sulfone groups is 1. The summed E-state index contributed by atoms with van der Waals surface area (Å²) >= 11 is 0. The zero-order chi connectivity index (χ0) is 21.1. The van der Waals surface area contributed by atoms with Crippen LogP contribution in [0.5, 0.6) is 5.75 Å². The van der Waals surface area contributed by atoms with Gasteiger partial charge in [0, 0.05) is 6.54 Å². The Labute approximate surface area is 173 Å². The van der Waals surface area contributed by atoms with Gasteiger partial charge >= 0.3 is 0 Å². The Morgan fingerprint density at radius 3 is 2.34 bits per heavy atom. The van der Waals surface area contributed by atoms with E-state index in [2.05, 4.69) is 5.32 Å². The van der Waals surface area contributed by atoms with Gasteiger partial charge in [-0.05, 0) is 68.0 Å². The number of carbonyl (C=O) groups is 1. The first-order valence-corrected chi connectivity index (χ1v) is 11.5. The van der Waals surface area contributed by atoms with Gasteiger partial charge in [-0.2, -0.15) is 0 Å². The van der Waals surface area contributed by atoms with Crippen LogP contribution < -0.4 is 10.1 Å². The third kappa shape index (κ3) is 4.17. The number of carbonyl (C=O) groups excluding carboxylic acids is 1. The molecule has 5 nitrogen and oxygen atoms in total. The van der Waals surface area contributed by atoms with Crippen molar-refractivity contribution in [1.82, 2.24) is 5.32 Å². The highest BCUT2D eigenvalue weighted by molar-refractivity contribution is 7.93. The molecule has 1 saturated carbocycles. The molecule has 0 aromatic heterocycles. The maximum atomic E-state index is 13.6. The average molecular weight is 416 g/mol. The molecule has 1 N–H and O–H groups in total. The topological polar surface area (TPSA) is 72.5 Å². The predicted octanol–water partition coefficient (Wildman–Crippen LogP) is 3.76. The normalized spacial score (nSPS) is 15.8. The van der Waals surface area contributed by atoms with Crippen molar-refractivity contribution in [2.24, 2.45) is 0 Å². The molecule has 1 aliphatic rings. The molecule has 0 radical (unpaired) electrons. The van der Waals surface area contributed by atoms with E-state index < -0.39 is 14.6 Å². The predicted molar refractivity (Wildman–Crippen MR) is 114 cm³/mol. The molecule has 0 bridgehead atoms. The zero-order valence-electron chi connectivity index (χ0n) is 17.3. The van der Waals surface area contributed by atoms with E-state index in [0.717, 1.165) is 29.7 Å². The summed E-state index contributed by atoms with van der Waals surface area (Å²) in [5.74, 6) is 0.409. The van der Waals surface area contributed by atoms with Crippen molar-refractivity contribution in [3.63, 3.8) is 0 Å². The summed E-state index contributed by atoms with van der Waals surface area (Å²) in [6.07, 6.45) is 2.87. The van der Waals surface area contributed by atoms with E-state index >= 15 is 0 Å². The fourth-order valence-electron chi connectivity index (χ4n) is 4.04. The van der Waals surface area contributed by atoms with Crippen molar-refractivity contribution in [2.75, 3.05) is 13.7 Å². The molecule has 1 fully saturated rings. The summed E-state index contributed by atoms with van der Waals surface area (Å²) in [7, 11) is -2.17. The van der Waals surface area contributed by atoms with Crippen LogP contribution in [-0.4, -0.2) is 32.7 Å². The number of hydrogen-bond acceptors (Lipinski definition) is 4.